The van der Waals surface area contributed by atoms with Gasteiger partial charge in [-0.2, -0.15) is 0 Å². The Bertz CT molecular complexity index is 3890. The summed E-state index contributed by atoms with van der Waals surface area (Å²) < 4.78 is 2.44. The van der Waals surface area contributed by atoms with Gasteiger partial charge in [-0.1, -0.05) is 191 Å². The topological polar surface area (TPSA) is 8.17 Å². The van der Waals surface area contributed by atoms with Crippen LogP contribution in [0, 0.1) is 0 Å². The van der Waals surface area contributed by atoms with Gasteiger partial charge in [-0.05, 0) is 131 Å². The lowest BCUT2D eigenvalue weighted by atomic mass is 9.59. The van der Waals surface area contributed by atoms with E-state index in [1.807, 2.05) is 0 Å². The molecule has 0 fully saturated rings. The molecule has 0 N–H and O–H groups in total. The van der Waals surface area contributed by atoms with Crippen LogP contribution in [0.5, 0.6) is 0 Å². The quantitative estimate of drug-likeness (QED) is 0.160. The molecule has 3 aliphatic rings. The van der Waals surface area contributed by atoms with E-state index >= 15 is 0 Å². The maximum Gasteiger partial charge on any atom is 0.113 e. The molecule has 318 valence electrons. The summed E-state index contributed by atoms with van der Waals surface area (Å²) >= 11 is 0. The van der Waals surface area contributed by atoms with E-state index in [1.165, 1.54) is 104 Å². The molecule has 3 heteroatoms. The van der Waals surface area contributed by atoms with Crippen LogP contribution in [0.3, 0.4) is 0 Å². The predicted octanol–water partition coefficient (Wildman–Crippen LogP) is 15.2. The second-order valence-corrected chi connectivity index (χ2v) is 24.4. The fourth-order valence-corrected chi connectivity index (χ4v) is 16.2. The Labute approximate surface area is 393 Å². The molecule has 1 unspecified atom stereocenters. The fraction of sp³-hybridized carbons (Fsp3) is 0.0938. The molecule has 1 aliphatic heterocycles. The Morgan fingerprint density at radius 2 is 0.955 bits per heavy atom. The normalized spacial score (nSPS) is 16.7. The highest BCUT2D eigenvalue weighted by atomic mass is 28.3. The molecular weight excluding hydrogens is 825 g/mol. The highest BCUT2D eigenvalue weighted by Gasteiger charge is 2.52. The van der Waals surface area contributed by atoms with Crippen LogP contribution in [0.4, 0.5) is 17.1 Å². The van der Waals surface area contributed by atoms with Gasteiger partial charge in [0.05, 0.1) is 16.4 Å². The first-order valence-corrected chi connectivity index (χ1v) is 26.8. The zero-order chi connectivity index (χ0) is 44.8. The average molecular weight is 873 g/mol. The first-order valence-electron chi connectivity index (χ1n) is 23.8. The Morgan fingerprint density at radius 1 is 0.388 bits per heavy atom. The van der Waals surface area contributed by atoms with E-state index in [0.29, 0.717) is 0 Å². The van der Waals surface area contributed by atoms with E-state index in [4.69, 9.17) is 0 Å². The summed E-state index contributed by atoms with van der Waals surface area (Å²) in [5.41, 5.74) is 20.0. The lowest BCUT2D eigenvalue weighted by Crippen LogP contribution is -2.63. The summed E-state index contributed by atoms with van der Waals surface area (Å²) in [5, 5.41) is 8.14. The molecule has 0 saturated heterocycles. The van der Waals surface area contributed by atoms with Crippen LogP contribution in [0.1, 0.15) is 47.2 Å². The minimum Gasteiger partial charge on any atom is -0.310 e. The van der Waals surface area contributed by atoms with Gasteiger partial charge in [0.1, 0.15) is 8.07 Å². The van der Waals surface area contributed by atoms with Gasteiger partial charge in [-0.3, -0.25) is 0 Å². The molecule has 1 spiro atoms. The van der Waals surface area contributed by atoms with E-state index < -0.39 is 13.5 Å². The van der Waals surface area contributed by atoms with Crippen molar-refractivity contribution in [1.82, 2.24) is 4.57 Å². The van der Waals surface area contributed by atoms with Crippen LogP contribution in [-0.4, -0.2) is 12.6 Å². The van der Waals surface area contributed by atoms with Gasteiger partial charge < -0.3 is 9.47 Å². The van der Waals surface area contributed by atoms with Crippen molar-refractivity contribution in [3.05, 3.63) is 252 Å². The number of aromatic nitrogens is 1. The van der Waals surface area contributed by atoms with Crippen molar-refractivity contribution in [3.63, 3.8) is 0 Å². The van der Waals surface area contributed by atoms with Crippen molar-refractivity contribution in [1.29, 1.82) is 0 Å². The monoisotopic (exact) mass is 872 g/mol. The van der Waals surface area contributed by atoms with E-state index in [1.54, 1.807) is 0 Å². The van der Waals surface area contributed by atoms with Crippen LogP contribution in [0.25, 0.3) is 60.5 Å². The number of hydrogen-bond acceptors (Lipinski definition) is 1. The van der Waals surface area contributed by atoms with Crippen molar-refractivity contribution in [3.8, 4) is 27.9 Å². The highest BCUT2D eigenvalue weighted by Crippen LogP contribution is 2.57. The van der Waals surface area contributed by atoms with Crippen LogP contribution < -0.4 is 15.3 Å². The van der Waals surface area contributed by atoms with E-state index in [9.17, 15) is 0 Å². The molecule has 0 amide bonds. The zero-order valence-corrected chi connectivity index (χ0v) is 39.2. The third-order valence-electron chi connectivity index (χ3n) is 16.0. The third-order valence-corrected chi connectivity index (χ3v) is 19.6. The lowest BCUT2D eigenvalue weighted by molar-refractivity contribution is 0.660. The van der Waals surface area contributed by atoms with Gasteiger partial charge in [0.25, 0.3) is 0 Å². The molecule has 67 heavy (non-hydrogen) atoms. The number of fused-ring (bicyclic) bond motifs is 14. The summed E-state index contributed by atoms with van der Waals surface area (Å²) in [6.45, 7) is 9.93. The van der Waals surface area contributed by atoms with Crippen molar-refractivity contribution in [2.45, 2.75) is 37.8 Å². The fourth-order valence-electron chi connectivity index (χ4n) is 13.0. The Morgan fingerprint density at radius 3 is 1.79 bits per heavy atom. The van der Waals surface area contributed by atoms with Gasteiger partial charge in [-0.25, -0.2) is 0 Å². The number of nitrogens with zero attached hydrogens (tertiary/aromatic N) is 2. The number of rotatable bonds is 4. The van der Waals surface area contributed by atoms with Gasteiger partial charge in [-0.15, -0.1) is 0 Å². The van der Waals surface area contributed by atoms with E-state index in [0.717, 1.165) is 17.1 Å². The first-order chi connectivity index (χ1) is 32.8. The maximum atomic E-state index is 2.60. The van der Waals surface area contributed by atoms with Crippen molar-refractivity contribution < 1.29 is 0 Å². The largest absolute Gasteiger partial charge is 0.310 e. The lowest BCUT2D eigenvalue weighted by Gasteiger charge is -2.50. The second kappa shape index (κ2) is 13.7. The molecule has 2 nitrogen and oxygen atoms in total. The Hall–Kier alpha value is -7.72. The average Bonchev–Trinajstić information content (AvgIpc) is 3.82. The Balaban J connectivity index is 1.06. The van der Waals surface area contributed by atoms with Gasteiger partial charge in [0.2, 0.25) is 0 Å². The van der Waals surface area contributed by atoms with Crippen molar-refractivity contribution >= 4 is 68.1 Å². The number of para-hydroxylation sites is 2. The molecule has 1 atom stereocenters. The summed E-state index contributed by atoms with van der Waals surface area (Å²) in [4.78, 5) is 2.55. The predicted molar refractivity (Wildman–Crippen MR) is 285 cm³/mol. The second-order valence-electron chi connectivity index (χ2n) is 20.0. The van der Waals surface area contributed by atoms with Crippen LogP contribution in [0.2, 0.25) is 13.1 Å². The van der Waals surface area contributed by atoms with Gasteiger partial charge in [0, 0.05) is 38.9 Å². The zero-order valence-electron chi connectivity index (χ0n) is 38.2. The molecule has 11 aromatic rings. The van der Waals surface area contributed by atoms with Gasteiger partial charge >= 0.3 is 0 Å². The summed E-state index contributed by atoms with van der Waals surface area (Å²) in [6.07, 6.45) is 0. The summed E-state index contributed by atoms with van der Waals surface area (Å²) in [6, 6.07) is 83.1. The highest BCUT2D eigenvalue weighted by molar-refractivity contribution is 7.01. The molecule has 2 aliphatic carbocycles. The van der Waals surface area contributed by atoms with Crippen molar-refractivity contribution in [2.24, 2.45) is 0 Å². The molecule has 0 bridgehead atoms. The molecule has 2 heterocycles. The van der Waals surface area contributed by atoms with Gasteiger partial charge in [0.15, 0.2) is 0 Å². The Kier molecular flexibility index (Phi) is 7.86. The molecule has 0 radical (unpaired) electrons. The SMILES string of the molecule is CC1(C)c2ccccc2-c2ccc(N(c3ccc4c(c3)[Si](C)(C)c3ccccc3C43c4ccccc4-c4cccc5cccc3c45)c3ccc4c5ccccc5n(-c5ccccc5)c4c3)cc21. The minimum atomic E-state index is -2.35. The summed E-state index contributed by atoms with van der Waals surface area (Å²) in [7, 11) is -2.35. The number of anilines is 3. The number of benzene rings is 10. The van der Waals surface area contributed by atoms with Crippen LogP contribution >= 0.6 is 0 Å². The molecule has 14 rings (SSSR count). The van der Waals surface area contributed by atoms with Crippen LogP contribution in [-0.2, 0) is 10.8 Å². The summed E-state index contributed by atoms with van der Waals surface area (Å²) in [5.74, 6) is 0. The molecule has 0 saturated carbocycles. The van der Waals surface area contributed by atoms with E-state index in [-0.39, 0.29) is 5.41 Å². The smallest absolute Gasteiger partial charge is 0.113 e. The third kappa shape index (κ3) is 5.04. The maximum absolute atomic E-state index is 2.60. The van der Waals surface area contributed by atoms with E-state index in [2.05, 4.69) is 255 Å². The van der Waals surface area contributed by atoms with Crippen LogP contribution in [0.15, 0.2) is 218 Å². The number of hydrogen-bond donors (Lipinski definition) is 0. The van der Waals surface area contributed by atoms with Crippen molar-refractivity contribution in [2.75, 3.05) is 4.90 Å². The first kappa shape index (κ1) is 38.5. The molecule has 10 aromatic carbocycles. The molecule has 1 aromatic heterocycles. The minimum absolute atomic E-state index is 0.149. The standard InChI is InChI=1S/C64H48N2Si/c1-63(2)52-26-11-8-22-46(52)48-35-32-43(38-57(48)63)65(44-33-36-50-49-24-10-14-30-58(49)66(59(50)39-44)42-20-6-5-7-21-42)45-34-37-55-61(40-45)67(3,4)60-31-15-13-28-54(60)64(55)53-27-12-9-23-47(53)51-25-16-18-41-19-17-29-56(64)62(41)51/h5-40H,1-4H3. The molecular formula is C64H48N2Si.